The number of rotatable bonds is 9. The normalized spacial score (nSPS) is 11.1. The molecule has 0 unspecified atom stereocenters. The molecule has 0 aliphatic carbocycles. The van der Waals surface area contributed by atoms with E-state index in [1.54, 1.807) is 24.2 Å². The largest absolute Gasteiger partial charge is 0.340 e. The number of hydrogen-bond donors (Lipinski definition) is 1. The summed E-state index contributed by atoms with van der Waals surface area (Å²) in [5.41, 5.74) is 5.49. The van der Waals surface area contributed by atoms with Crippen molar-refractivity contribution < 1.29 is 4.79 Å². The van der Waals surface area contributed by atoms with Crippen LogP contribution in [-0.2, 0) is 5.75 Å². The van der Waals surface area contributed by atoms with Gasteiger partial charge in [-0.15, -0.1) is 21.5 Å². The quantitative estimate of drug-likeness (QED) is 0.189. The highest BCUT2D eigenvalue weighted by atomic mass is 32.2. The molecule has 0 radical (unpaired) electrons. The van der Waals surface area contributed by atoms with E-state index in [4.69, 9.17) is 0 Å². The van der Waals surface area contributed by atoms with Crippen LogP contribution < -0.4 is 5.32 Å². The van der Waals surface area contributed by atoms with Gasteiger partial charge in [0.15, 0.2) is 11.0 Å². The van der Waals surface area contributed by atoms with E-state index in [1.807, 2.05) is 90.3 Å². The van der Waals surface area contributed by atoms with Crippen molar-refractivity contribution in [2.75, 3.05) is 0 Å². The summed E-state index contributed by atoms with van der Waals surface area (Å²) in [6, 6.07) is 31.7. The summed E-state index contributed by atoms with van der Waals surface area (Å²) in [5.74, 6) is 1.09. The number of thiazole rings is 1. The van der Waals surface area contributed by atoms with Crippen molar-refractivity contribution in [2.24, 2.45) is 0 Å². The van der Waals surface area contributed by atoms with Gasteiger partial charge in [0.25, 0.3) is 5.91 Å². The Balaban J connectivity index is 1.22. The van der Waals surface area contributed by atoms with E-state index in [2.05, 4.69) is 49.1 Å². The number of benzene rings is 3. The van der Waals surface area contributed by atoms with E-state index < -0.39 is 0 Å². The molecule has 202 valence electrons. The summed E-state index contributed by atoms with van der Waals surface area (Å²) in [4.78, 5) is 22.1. The molecule has 41 heavy (non-hydrogen) atoms. The van der Waals surface area contributed by atoms with Gasteiger partial charge >= 0.3 is 0 Å². The number of aryl methyl sites for hydroxylation is 1. The van der Waals surface area contributed by atoms with Gasteiger partial charge in [0.1, 0.15) is 10.7 Å². The fourth-order valence-electron chi connectivity index (χ4n) is 4.55. The van der Waals surface area contributed by atoms with Gasteiger partial charge in [0, 0.05) is 23.3 Å². The highest BCUT2D eigenvalue weighted by molar-refractivity contribution is 7.98. The molecule has 3 aromatic heterocycles. The molecule has 1 N–H and O–H groups in total. The summed E-state index contributed by atoms with van der Waals surface area (Å²) >= 11 is 3.01. The Labute approximate surface area is 246 Å². The predicted molar refractivity (Wildman–Crippen MR) is 163 cm³/mol. The topological polar surface area (TPSA) is 85.6 Å². The first-order valence-electron chi connectivity index (χ1n) is 13.1. The van der Waals surface area contributed by atoms with Crippen LogP contribution in [-0.4, -0.2) is 30.6 Å². The highest BCUT2D eigenvalue weighted by Gasteiger charge is 2.21. The van der Waals surface area contributed by atoms with E-state index >= 15 is 0 Å². The molecule has 0 saturated carbocycles. The first-order chi connectivity index (χ1) is 20.2. The lowest BCUT2D eigenvalue weighted by atomic mass is 9.98. The van der Waals surface area contributed by atoms with Crippen molar-refractivity contribution in [1.29, 1.82) is 0 Å². The molecule has 3 heterocycles. The average Bonchev–Trinajstić information content (AvgIpc) is 3.68. The molecule has 0 atom stereocenters. The van der Waals surface area contributed by atoms with Crippen molar-refractivity contribution in [3.05, 3.63) is 142 Å². The smallest absolute Gasteiger partial charge is 0.271 e. The molecule has 0 bridgehead atoms. The van der Waals surface area contributed by atoms with Crippen LogP contribution in [0.1, 0.15) is 38.2 Å². The Kier molecular flexibility index (Phi) is 7.97. The van der Waals surface area contributed by atoms with Gasteiger partial charge < -0.3 is 5.32 Å². The molecule has 0 aliphatic heterocycles. The van der Waals surface area contributed by atoms with E-state index in [9.17, 15) is 4.79 Å². The summed E-state index contributed by atoms with van der Waals surface area (Å²) < 4.78 is 2.07. The van der Waals surface area contributed by atoms with Crippen molar-refractivity contribution in [1.82, 2.24) is 30.0 Å². The zero-order valence-electron chi connectivity index (χ0n) is 22.2. The van der Waals surface area contributed by atoms with Gasteiger partial charge in [0.05, 0.1) is 17.5 Å². The molecule has 3 aromatic carbocycles. The van der Waals surface area contributed by atoms with E-state index in [0.717, 1.165) is 43.9 Å². The number of para-hydroxylation sites is 1. The molecule has 0 aliphatic rings. The molecular weight excluding hydrogens is 549 g/mol. The fraction of sp³-hybridized carbons (Fsp3) is 0.0938. The predicted octanol–water partition coefficient (Wildman–Crippen LogP) is 6.91. The van der Waals surface area contributed by atoms with Gasteiger partial charge in [0.2, 0.25) is 0 Å². The van der Waals surface area contributed by atoms with Crippen LogP contribution in [0, 0.1) is 6.92 Å². The number of nitrogens with zero attached hydrogens (tertiary/aromatic N) is 5. The van der Waals surface area contributed by atoms with Crippen molar-refractivity contribution >= 4 is 29.0 Å². The van der Waals surface area contributed by atoms with E-state index in [0.29, 0.717) is 11.4 Å². The van der Waals surface area contributed by atoms with Crippen molar-refractivity contribution in [3.63, 3.8) is 0 Å². The Hall–Kier alpha value is -4.60. The fourth-order valence-corrected chi connectivity index (χ4v) is 6.28. The highest BCUT2D eigenvalue weighted by Crippen LogP contribution is 2.31. The lowest BCUT2D eigenvalue weighted by Gasteiger charge is -2.19. The second-order valence-corrected chi connectivity index (χ2v) is 11.2. The van der Waals surface area contributed by atoms with Gasteiger partial charge in [-0.05, 0) is 41.8 Å². The third-order valence-electron chi connectivity index (χ3n) is 6.58. The number of amides is 1. The maximum atomic E-state index is 13.3. The standard InChI is InChI=1S/C32H26N6OS2/c1-22-10-8-9-15-27(22)38-30(25-16-18-33-19-17-25)36-37-32(38)41-21-28-34-26(20-40-28)31(39)35-29(23-11-4-2-5-12-23)24-13-6-3-7-14-24/h2-20,29H,21H2,1H3,(H,35,39). The van der Waals surface area contributed by atoms with Crippen LogP contribution in [0.2, 0.25) is 0 Å². The number of aromatic nitrogens is 5. The van der Waals surface area contributed by atoms with Gasteiger partial charge in [-0.2, -0.15) is 0 Å². The lowest BCUT2D eigenvalue weighted by Crippen LogP contribution is -2.29. The Morgan fingerprint density at radius 1 is 0.878 bits per heavy atom. The minimum Gasteiger partial charge on any atom is -0.340 e. The number of thioether (sulfide) groups is 1. The van der Waals surface area contributed by atoms with E-state index in [1.165, 1.54) is 11.3 Å². The van der Waals surface area contributed by atoms with Crippen LogP contribution in [0.15, 0.2) is 120 Å². The van der Waals surface area contributed by atoms with Crippen LogP contribution in [0.3, 0.4) is 0 Å². The molecule has 0 spiro atoms. The van der Waals surface area contributed by atoms with Gasteiger partial charge in [-0.25, -0.2) is 4.98 Å². The lowest BCUT2D eigenvalue weighted by molar-refractivity contribution is 0.0938. The third kappa shape index (κ3) is 5.96. The van der Waals surface area contributed by atoms with Crippen molar-refractivity contribution in [3.8, 4) is 17.1 Å². The second kappa shape index (κ2) is 12.3. The molecule has 6 aromatic rings. The van der Waals surface area contributed by atoms with Crippen LogP contribution >= 0.6 is 23.1 Å². The summed E-state index contributed by atoms with van der Waals surface area (Å²) in [7, 11) is 0. The number of carbonyl (C=O) groups is 1. The zero-order valence-corrected chi connectivity index (χ0v) is 23.8. The minimum atomic E-state index is -0.274. The van der Waals surface area contributed by atoms with Crippen LogP contribution in [0.4, 0.5) is 0 Å². The summed E-state index contributed by atoms with van der Waals surface area (Å²) in [6.07, 6.45) is 3.50. The summed E-state index contributed by atoms with van der Waals surface area (Å²) in [6.45, 7) is 2.07. The molecule has 0 saturated heterocycles. The number of pyridine rings is 1. The summed E-state index contributed by atoms with van der Waals surface area (Å²) in [5, 5.41) is 15.6. The SMILES string of the molecule is Cc1ccccc1-n1c(SCc2nc(C(=O)NC(c3ccccc3)c3ccccc3)cs2)nnc1-c1ccncc1. The van der Waals surface area contributed by atoms with Crippen molar-refractivity contribution in [2.45, 2.75) is 23.9 Å². The maximum Gasteiger partial charge on any atom is 0.271 e. The first-order valence-corrected chi connectivity index (χ1v) is 14.9. The average molecular weight is 575 g/mol. The number of hydrogen-bond acceptors (Lipinski definition) is 7. The minimum absolute atomic E-state index is 0.210. The molecule has 0 fully saturated rings. The van der Waals surface area contributed by atoms with Crippen LogP contribution in [0.25, 0.3) is 17.1 Å². The van der Waals surface area contributed by atoms with Crippen LogP contribution in [0.5, 0.6) is 0 Å². The van der Waals surface area contributed by atoms with E-state index in [-0.39, 0.29) is 11.9 Å². The Morgan fingerprint density at radius 2 is 1.54 bits per heavy atom. The Morgan fingerprint density at radius 3 is 2.22 bits per heavy atom. The first kappa shape index (κ1) is 26.6. The molecule has 9 heteroatoms. The zero-order chi connectivity index (χ0) is 28.0. The number of nitrogens with one attached hydrogen (secondary N) is 1. The molecular formula is C32H26N6OS2. The third-order valence-corrected chi connectivity index (χ3v) is 8.55. The monoisotopic (exact) mass is 574 g/mol. The molecule has 1 amide bonds. The number of carbonyl (C=O) groups excluding carboxylic acids is 1. The molecule has 6 rings (SSSR count). The molecule has 7 nitrogen and oxygen atoms in total. The Bertz CT molecular complexity index is 1710. The van der Waals surface area contributed by atoms with Gasteiger partial charge in [-0.3, -0.25) is 14.3 Å². The van der Waals surface area contributed by atoms with Gasteiger partial charge in [-0.1, -0.05) is 90.6 Å². The maximum absolute atomic E-state index is 13.3. The second-order valence-electron chi connectivity index (χ2n) is 9.31.